The highest BCUT2D eigenvalue weighted by Crippen LogP contribution is 2.38. The molecule has 2 aliphatic rings. The molecule has 194 valence electrons. The summed E-state index contributed by atoms with van der Waals surface area (Å²) in [4.78, 5) is 17.6. The summed E-state index contributed by atoms with van der Waals surface area (Å²) >= 11 is 0. The Kier molecular flexibility index (Phi) is 8.75. The van der Waals surface area contributed by atoms with Crippen LogP contribution in [0.25, 0.3) is 6.08 Å². The van der Waals surface area contributed by atoms with Crippen LogP contribution in [0.5, 0.6) is 23.0 Å². The van der Waals surface area contributed by atoms with Crippen LogP contribution < -0.4 is 18.9 Å². The van der Waals surface area contributed by atoms with Crippen LogP contribution in [0.15, 0.2) is 35.9 Å². The standard InChI is InChI=1S/C29H38N2O5/c1-5-6-15-36-25-10-9-22-18-24(8-7-23(22)19-25)29(32)31-13-11-30(12-14-31)20-21-16-26(33-2)28(35-4)27(17-21)34-3/h9-10,16-19H,5-8,11-15,20H2,1-4H3. The molecule has 1 amide bonds. The lowest BCUT2D eigenvalue weighted by Gasteiger charge is -2.35. The van der Waals surface area contributed by atoms with E-state index in [1.807, 2.05) is 23.1 Å². The molecule has 0 saturated carbocycles. The summed E-state index contributed by atoms with van der Waals surface area (Å²) in [6.45, 7) is 6.76. The molecule has 0 radical (unpaired) electrons. The van der Waals surface area contributed by atoms with Crippen LogP contribution in [0.3, 0.4) is 0 Å². The second-order valence-electron chi connectivity index (χ2n) is 9.33. The number of hydrogen-bond acceptors (Lipinski definition) is 6. The Morgan fingerprint density at radius 3 is 2.28 bits per heavy atom. The third-order valence-corrected chi connectivity index (χ3v) is 6.94. The number of unbranched alkanes of at least 4 members (excludes halogenated alkanes) is 1. The number of fused-ring (bicyclic) bond motifs is 1. The van der Waals surface area contributed by atoms with Gasteiger partial charge < -0.3 is 23.8 Å². The summed E-state index contributed by atoms with van der Waals surface area (Å²) in [5.41, 5.74) is 4.39. The maximum atomic E-state index is 13.3. The first-order valence-corrected chi connectivity index (χ1v) is 12.8. The van der Waals surface area contributed by atoms with Gasteiger partial charge in [0.05, 0.1) is 27.9 Å². The largest absolute Gasteiger partial charge is 0.494 e. The third kappa shape index (κ3) is 5.95. The summed E-state index contributed by atoms with van der Waals surface area (Å²) in [5, 5.41) is 0. The van der Waals surface area contributed by atoms with Gasteiger partial charge in [0.2, 0.25) is 11.7 Å². The van der Waals surface area contributed by atoms with Crippen LogP contribution in [0, 0.1) is 0 Å². The van der Waals surface area contributed by atoms with Gasteiger partial charge in [0.25, 0.3) is 0 Å². The Labute approximate surface area is 214 Å². The predicted molar refractivity (Wildman–Crippen MR) is 141 cm³/mol. The molecule has 1 fully saturated rings. The summed E-state index contributed by atoms with van der Waals surface area (Å²) in [5.74, 6) is 3.00. The lowest BCUT2D eigenvalue weighted by atomic mass is 9.91. The zero-order valence-electron chi connectivity index (χ0n) is 22.0. The first-order chi connectivity index (χ1) is 17.6. The summed E-state index contributed by atoms with van der Waals surface area (Å²) in [7, 11) is 4.87. The number of amides is 1. The van der Waals surface area contributed by atoms with Crippen LogP contribution >= 0.6 is 0 Å². The van der Waals surface area contributed by atoms with Crippen molar-refractivity contribution in [2.45, 2.75) is 39.2 Å². The number of ether oxygens (including phenoxy) is 4. The second kappa shape index (κ2) is 12.2. The first kappa shape index (κ1) is 25.9. The van der Waals surface area contributed by atoms with Crippen molar-refractivity contribution >= 4 is 12.0 Å². The number of hydrogen-bond donors (Lipinski definition) is 0. The molecular weight excluding hydrogens is 456 g/mol. The quantitative estimate of drug-likeness (QED) is 0.451. The average Bonchev–Trinajstić information content (AvgIpc) is 2.92. The van der Waals surface area contributed by atoms with Crippen LogP contribution in [-0.4, -0.2) is 69.8 Å². The number of piperazine rings is 1. The van der Waals surface area contributed by atoms with Crippen molar-refractivity contribution in [2.24, 2.45) is 0 Å². The van der Waals surface area contributed by atoms with Gasteiger partial charge in [0.1, 0.15) is 5.75 Å². The van der Waals surface area contributed by atoms with Gasteiger partial charge in [-0.3, -0.25) is 9.69 Å². The van der Waals surface area contributed by atoms with E-state index in [9.17, 15) is 4.79 Å². The van der Waals surface area contributed by atoms with E-state index in [1.165, 1.54) is 5.56 Å². The number of rotatable bonds is 10. The molecular formula is C29H38N2O5. The van der Waals surface area contributed by atoms with Crippen molar-refractivity contribution in [3.63, 3.8) is 0 Å². The molecule has 1 saturated heterocycles. The highest BCUT2D eigenvalue weighted by atomic mass is 16.5. The monoisotopic (exact) mass is 494 g/mol. The zero-order valence-corrected chi connectivity index (χ0v) is 22.0. The molecule has 0 bridgehead atoms. The van der Waals surface area contributed by atoms with Crippen molar-refractivity contribution < 1.29 is 23.7 Å². The molecule has 7 heteroatoms. The summed E-state index contributed by atoms with van der Waals surface area (Å²) < 4.78 is 22.3. The Morgan fingerprint density at radius 2 is 1.64 bits per heavy atom. The molecule has 0 atom stereocenters. The minimum atomic E-state index is 0.163. The minimum Gasteiger partial charge on any atom is -0.494 e. The molecule has 1 aliphatic carbocycles. The van der Waals surface area contributed by atoms with Crippen LogP contribution in [0.2, 0.25) is 0 Å². The number of carbonyl (C=O) groups excluding carboxylic acids is 1. The molecule has 1 heterocycles. The SMILES string of the molecule is CCCCOc1ccc2c(c1)CCC(C(=O)N1CCN(Cc3cc(OC)c(OC)c(OC)c3)CC1)=C2. The average molecular weight is 495 g/mol. The van der Waals surface area contributed by atoms with E-state index in [4.69, 9.17) is 18.9 Å². The predicted octanol–water partition coefficient (Wildman–Crippen LogP) is 4.57. The van der Waals surface area contributed by atoms with Gasteiger partial charge in [-0.1, -0.05) is 19.4 Å². The molecule has 2 aromatic rings. The van der Waals surface area contributed by atoms with E-state index in [2.05, 4.69) is 30.0 Å². The van der Waals surface area contributed by atoms with E-state index in [1.54, 1.807) is 21.3 Å². The summed E-state index contributed by atoms with van der Waals surface area (Å²) in [6.07, 6.45) is 5.90. The van der Waals surface area contributed by atoms with Crippen molar-refractivity contribution in [1.82, 2.24) is 9.80 Å². The van der Waals surface area contributed by atoms with Gasteiger partial charge in [-0.2, -0.15) is 0 Å². The molecule has 4 rings (SSSR count). The number of methoxy groups -OCH3 is 3. The molecule has 0 aromatic heterocycles. The van der Waals surface area contributed by atoms with Crippen LogP contribution in [0.4, 0.5) is 0 Å². The van der Waals surface area contributed by atoms with Gasteiger partial charge in [-0.15, -0.1) is 0 Å². The number of carbonyl (C=O) groups is 1. The number of aryl methyl sites for hydroxylation is 1. The van der Waals surface area contributed by atoms with E-state index >= 15 is 0 Å². The summed E-state index contributed by atoms with van der Waals surface area (Å²) in [6, 6.07) is 10.2. The van der Waals surface area contributed by atoms with Crippen LogP contribution in [0.1, 0.15) is 42.9 Å². The fraction of sp³-hybridized carbons (Fsp3) is 0.483. The second-order valence-corrected chi connectivity index (χ2v) is 9.33. The fourth-order valence-electron chi connectivity index (χ4n) is 4.86. The molecule has 36 heavy (non-hydrogen) atoms. The van der Waals surface area contributed by atoms with E-state index in [0.717, 1.165) is 87.5 Å². The van der Waals surface area contributed by atoms with Crippen molar-refractivity contribution in [3.05, 3.63) is 52.6 Å². The smallest absolute Gasteiger partial charge is 0.249 e. The molecule has 7 nitrogen and oxygen atoms in total. The van der Waals surface area contributed by atoms with Gasteiger partial charge in [0.15, 0.2) is 11.5 Å². The molecule has 0 spiro atoms. The normalized spacial score (nSPS) is 15.7. The topological polar surface area (TPSA) is 60.5 Å². The number of benzene rings is 2. The molecule has 0 N–H and O–H groups in total. The highest BCUT2D eigenvalue weighted by molar-refractivity contribution is 5.98. The highest BCUT2D eigenvalue weighted by Gasteiger charge is 2.26. The van der Waals surface area contributed by atoms with E-state index in [-0.39, 0.29) is 5.91 Å². The van der Waals surface area contributed by atoms with Crippen molar-refractivity contribution in [3.8, 4) is 23.0 Å². The van der Waals surface area contributed by atoms with Crippen molar-refractivity contribution in [1.29, 1.82) is 0 Å². The maximum absolute atomic E-state index is 13.3. The van der Waals surface area contributed by atoms with Gasteiger partial charge in [0, 0.05) is 38.3 Å². The molecule has 0 unspecified atom stereocenters. The fourth-order valence-corrected chi connectivity index (χ4v) is 4.86. The Hall–Kier alpha value is -3.19. The first-order valence-electron chi connectivity index (χ1n) is 12.8. The maximum Gasteiger partial charge on any atom is 0.249 e. The zero-order chi connectivity index (χ0) is 25.5. The lowest BCUT2D eigenvalue weighted by Crippen LogP contribution is -2.48. The van der Waals surface area contributed by atoms with Crippen molar-refractivity contribution in [2.75, 3.05) is 54.1 Å². The number of nitrogens with zero attached hydrogens (tertiary/aromatic N) is 2. The van der Waals surface area contributed by atoms with E-state index < -0.39 is 0 Å². The third-order valence-electron chi connectivity index (χ3n) is 6.94. The van der Waals surface area contributed by atoms with Gasteiger partial charge in [-0.25, -0.2) is 0 Å². The molecule has 1 aliphatic heterocycles. The lowest BCUT2D eigenvalue weighted by molar-refractivity contribution is -0.129. The Morgan fingerprint density at radius 1 is 0.917 bits per heavy atom. The van der Waals surface area contributed by atoms with E-state index in [0.29, 0.717) is 17.2 Å². The molecule has 2 aromatic carbocycles. The van der Waals surface area contributed by atoms with Crippen LogP contribution in [-0.2, 0) is 17.8 Å². The Balaban J connectivity index is 1.34. The minimum absolute atomic E-state index is 0.163. The van der Waals surface area contributed by atoms with Gasteiger partial charge in [-0.05, 0) is 66.3 Å². The Bertz CT molecular complexity index is 1060. The van der Waals surface area contributed by atoms with Gasteiger partial charge >= 0.3 is 0 Å².